The van der Waals surface area contributed by atoms with E-state index >= 15 is 0 Å². The molecule has 5 heteroatoms. The molecule has 0 saturated heterocycles. The largest absolute Gasteiger partial charge is 0.495 e. The van der Waals surface area contributed by atoms with Gasteiger partial charge in [0.15, 0.2) is 5.65 Å². The fourth-order valence-electron chi connectivity index (χ4n) is 1.59. The summed E-state index contributed by atoms with van der Waals surface area (Å²) in [6.45, 7) is 0. The second kappa shape index (κ2) is 3.86. The Kier molecular flexibility index (Phi) is 2.22. The maximum atomic E-state index is 5.13. The standard InChI is InChI=1S/C12H10N4O/c1-17-9-5-6-11-14-12(15-16(11)8-9)10-4-2-3-7-13-10/h2-8H,1H3. The van der Waals surface area contributed by atoms with E-state index in [2.05, 4.69) is 15.1 Å². The van der Waals surface area contributed by atoms with Gasteiger partial charge in [-0.2, -0.15) is 0 Å². The molecule has 84 valence electrons. The monoisotopic (exact) mass is 226 g/mol. The number of nitrogens with zero attached hydrogens (tertiary/aromatic N) is 4. The summed E-state index contributed by atoms with van der Waals surface area (Å²) in [6, 6.07) is 9.37. The molecule has 3 aromatic rings. The molecule has 0 spiro atoms. The lowest BCUT2D eigenvalue weighted by molar-refractivity contribution is 0.411. The van der Waals surface area contributed by atoms with Crippen LogP contribution >= 0.6 is 0 Å². The van der Waals surface area contributed by atoms with E-state index in [1.165, 1.54) is 0 Å². The molecule has 5 nitrogen and oxygen atoms in total. The Morgan fingerprint density at radius 1 is 1.18 bits per heavy atom. The van der Waals surface area contributed by atoms with Crippen LogP contribution in [0.4, 0.5) is 0 Å². The number of methoxy groups -OCH3 is 1. The minimum absolute atomic E-state index is 0.610. The number of aromatic nitrogens is 4. The van der Waals surface area contributed by atoms with E-state index in [1.807, 2.05) is 30.3 Å². The molecule has 0 aliphatic carbocycles. The van der Waals surface area contributed by atoms with Crippen molar-refractivity contribution in [3.8, 4) is 17.3 Å². The highest BCUT2D eigenvalue weighted by molar-refractivity contribution is 5.53. The zero-order valence-corrected chi connectivity index (χ0v) is 9.24. The molecule has 0 aromatic carbocycles. The fourth-order valence-corrected chi connectivity index (χ4v) is 1.59. The summed E-state index contributed by atoms with van der Waals surface area (Å²) in [7, 11) is 1.62. The summed E-state index contributed by atoms with van der Waals surface area (Å²) in [6.07, 6.45) is 3.51. The quantitative estimate of drug-likeness (QED) is 0.668. The van der Waals surface area contributed by atoms with Crippen molar-refractivity contribution in [3.05, 3.63) is 42.7 Å². The van der Waals surface area contributed by atoms with E-state index in [1.54, 1.807) is 24.0 Å². The maximum absolute atomic E-state index is 5.13. The van der Waals surface area contributed by atoms with Gasteiger partial charge in [0.25, 0.3) is 0 Å². The van der Waals surface area contributed by atoms with Crippen LogP contribution in [0.5, 0.6) is 5.75 Å². The number of fused-ring (bicyclic) bond motifs is 1. The Morgan fingerprint density at radius 2 is 2.12 bits per heavy atom. The predicted octanol–water partition coefficient (Wildman–Crippen LogP) is 1.80. The van der Waals surface area contributed by atoms with Gasteiger partial charge in [-0.1, -0.05) is 6.07 Å². The highest BCUT2D eigenvalue weighted by atomic mass is 16.5. The first kappa shape index (κ1) is 9.77. The lowest BCUT2D eigenvalue weighted by Gasteiger charge is -1.97. The molecule has 0 radical (unpaired) electrons. The van der Waals surface area contributed by atoms with Gasteiger partial charge in [0.05, 0.1) is 13.3 Å². The first-order valence-electron chi connectivity index (χ1n) is 5.18. The smallest absolute Gasteiger partial charge is 0.200 e. The minimum Gasteiger partial charge on any atom is -0.495 e. The van der Waals surface area contributed by atoms with E-state index in [9.17, 15) is 0 Å². The van der Waals surface area contributed by atoms with Gasteiger partial charge in [-0.3, -0.25) is 4.98 Å². The molecule has 0 amide bonds. The topological polar surface area (TPSA) is 52.3 Å². The molecule has 0 aliphatic rings. The third-order valence-electron chi connectivity index (χ3n) is 2.43. The van der Waals surface area contributed by atoms with E-state index < -0.39 is 0 Å². The Balaban J connectivity index is 2.14. The van der Waals surface area contributed by atoms with Gasteiger partial charge in [0.1, 0.15) is 11.4 Å². The summed E-state index contributed by atoms with van der Waals surface area (Å²) >= 11 is 0. The highest BCUT2D eigenvalue weighted by Crippen LogP contribution is 2.15. The minimum atomic E-state index is 0.610. The second-order valence-corrected chi connectivity index (χ2v) is 3.52. The first-order valence-corrected chi connectivity index (χ1v) is 5.18. The van der Waals surface area contributed by atoms with Crippen LogP contribution in [0.15, 0.2) is 42.7 Å². The third kappa shape index (κ3) is 1.71. The fraction of sp³-hybridized carbons (Fsp3) is 0.0833. The Hall–Kier alpha value is -2.43. The summed E-state index contributed by atoms with van der Waals surface area (Å²) in [5.74, 6) is 1.36. The normalized spacial score (nSPS) is 10.6. The molecular weight excluding hydrogens is 216 g/mol. The Labute approximate surface area is 97.7 Å². The third-order valence-corrected chi connectivity index (χ3v) is 2.43. The SMILES string of the molecule is COc1ccc2nc(-c3ccccn3)nn2c1. The van der Waals surface area contributed by atoms with Crippen molar-refractivity contribution >= 4 is 5.65 Å². The molecule has 17 heavy (non-hydrogen) atoms. The van der Waals surface area contributed by atoms with E-state index in [0.29, 0.717) is 5.82 Å². The summed E-state index contributed by atoms with van der Waals surface area (Å²) < 4.78 is 6.82. The summed E-state index contributed by atoms with van der Waals surface area (Å²) in [5.41, 5.74) is 1.53. The van der Waals surface area contributed by atoms with E-state index in [-0.39, 0.29) is 0 Å². The molecule has 0 N–H and O–H groups in total. The number of hydrogen-bond acceptors (Lipinski definition) is 4. The molecule has 3 aromatic heterocycles. The number of ether oxygens (including phenoxy) is 1. The van der Waals surface area contributed by atoms with Crippen molar-refractivity contribution in [1.29, 1.82) is 0 Å². The first-order chi connectivity index (χ1) is 8.36. The van der Waals surface area contributed by atoms with Crippen LogP contribution in [-0.4, -0.2) is 26.7 Å². The van der Waals surface area contributed by atoms with Gasteiger partial charge in [0.2, 0.25) is 5.82 Å². The molecule has 0 aliphatic heterocycles. The average Bonchev–Trinajstić information content (AvgIpc) is 2.82. The molecule has 0 unspecified atom stereocenters. The molecule has 3 rings (SSSR count). The summed E-state index contributed by atoms with van der Waals surface area (Å²) in [4.78, 5) is 8.61. The van der Waals surface area contributed by atoms with Gasteiger partial charge < -0.3 is 4.74 Å². The van der Waals surface area contributed by atoms with Gasteiger partial charge in [0, 0.05) is 6.20 Å². The molecule has 0 bridgehead atoms. The number of rotatable bonds is 2. The zero-order chi connectivity index (χ0) is 11.7. The Morgan fingerprint density at radius 3 is 2.88 bits per heavy atom. The molecule has 0 atom stereocenters. The van der Waals surface area contributed by atoms with Crippen LogP contribution in [0.2, 0.25) is 0 Å². The van der Waals surface area contributed by atoms with Crippen molar-refractivity contribution in [1.82, 2.24) is 19.6 Å². The second-order valence-electron chi connectivity index (χ2n) is 3.52. The van der Waals surface area contributed by atoms with Crippen molar-refractivity contribution in [2.24, 2.45) is 0 Å². The van der Waals surface area contributed by atoms with Crippen LogP contribution in [-0.2, 0) is 0 Å². The van der Waals surface area contributed by atoms with Crippen LogP contribution in [0.1, 0.15) is 0 Å². The van der Waals surface area contributed by atoms with Crippen molar-refractivity contribution in [3.63, 3.8) is 0 Å². The van der Waals surface area contributed by atoms with Gasteiger partial charge in [-0.15, -0.1) is 5.10 Å². The van der Waals surface area contributed by atoms with Crippen LogP contribution in [0.25, 0.3) is 17.2 Å². The predicted molar refractivity (Wildman–Crippen MR) is 62.8 cm³/mol. The molecule has 0 saturated carbocycles. The lowest BCUT2D eigenvalue weighted by atomic mass is 10.3. The zero-order valence-electron chi connectivity index (χ0n) is 9.24. The maximum Gasteiger partial charge on any atom is 0.200 e. The van der Waals surface area contributed by atoms with Crippen LogP contribution in [0, 0.1) is 0 Å². The van der Waals surface area contributed by atoms with E-state index in [0.717, 1.165) is 17.1 Å². The highest BCUT2D eigenvalue weighted by Gasteiger charge is 2.07. The number of hydrogen-bond donors (Lipinski definition) is 0. The van der Waals surface area contributed by atoms with Crippen molar-refractivity contribution in [2.75, 3.05) is 7.11 Å². The van der Waals surface area contributed by atoms with Crippen molar-refractivity contribution < 1.29 is 4.74 Å². The van der Waals surface area contributed by atoms with Crippen LogP contribution in [0.3, 0.4) is 0 Å². The van der Waals surface area contributed by atoms with Crippen LogP contribution < -0.4 is 4.74 Å². The molecule has 0 fully saturated rings. The lowest BCUT2D eigenvalue weighted by Crippen LogP contribution is -1.90. The average molecular weight is 226 g/mol. The van der Waals surface area contributed by atoms with Crippen molar-refractivity contribution in [2.45, 2.75) is 0 Å². The van der Waals surface area contributed by atoms with Gasteiger partial charge in [-0.25, -0.2) is 9.50 Å². The molecular formula is C12H10N4O. The van der Waals surface area contributed by atoms with Gasteiger partial charge >= 0.3 is 0 Å². The van der Waals surface area contributed by atoms with Gasteiger partial charge in [-0.05, 0) is 24.3 Å². The Bertz CT molecular complexity index is 648. The number of pyridine rings is 2. The molecule has 3 heterocycles. The van der Waals surface area contributed by atoms with E-state index in [4.69, 9.17) is 4.74 Å². The summed E-state index contributed by atoms with van der Waals surface area (Å²) in [5, 5.41) is 4.35.